The van der Waals surface area contributed by atoms with Crippen molar-refractivity contribution in [1.82, 2.24) is 15.5 Å². The number of carbonyl (C=O) groups is 1. The quantitative estimate of drug-likeness (QED) is 0.875. The molecule has 0 unspecified atom stereocenters. The second-order valence-electron chi connectivity index (χ2n) is 6.13. The minimum Gasteiger partial charge on any atom is -0.477 e. The number of hydrogen-bond acceptors (Lipinski definition) is 5. The van der Waals surface area contributed by atoms with Crippen LogP contribution in [0.2, 0.25) is 0 Å². The van der Waals surface area contributed by atoms with Gasteiger partial charge in [-0.05, 0) is 31.4 Å². The van der Waals surface area contributed by atoms with Crippen molar-refractivity contribution in [1.29, 1.82) is 0 Å². The van der Waals surface area contributed by atoms with Crippen LogP contribution in [-0.2, 0) is 11.3 Å². The molecule has 1 N–H and O–H groups in total. The van der Waals surface area contributed by atoms with Crippen LogP contribution in [0.3, 0.4) is 0 Å². The molecule has 2 aromatic rings. The maximum atomic E-state index is 12.4. The minimum absolute atomic E-state index is 0.0654. The summed E-state index contributed by atoms with van der Waals surface area (Å²) in [7, 11) is 0. The Morgan fingerprint density at radius 3 is 2.56 bits per heavy atom. The van der Waals surface area contributed by atoms with Gasteiger partial charge in [0.1, 0.15) is 0 Å². The molecule has 1 aliphatic rings. The van der Waals surface area contributed by atoms with Gasteiger partial charge in [-0.1, -0.05) is 30.3 Å². The van der Waals surface area contributed by atoms with Gasteiger partial charge in [-0.25, -0.2) is 0 Å². The van der Waals surface area contributed by atoms with E-state index in [1.54, 1.807) is 0 Å². The number of ether oxygens (including phenoxy) is 1. The zero-order valence-electron chi connectivity index (χ0n) is 14.5. The predicted molar refractivity (Wildman–Crippen MR) is 96.4 cm³/mol. The lowest BCUT2D eigenvalue weighted by atomic mass is 9.96. The summed E-state index contributed by atoms with van der Waals surface area (Å²) in [6.07, 6.45) is 1.66. The van der Waals surface area contributed by atoms with E-state index in [4.69, 9.17) is 4.74 Å². The summed E-state index contributed by atoms with van der Waals surface area (Å²) in [6, 6.07) is 13.7. The molecule has 6 nitrogen and oxygen atoms in total. The van der Waals surface area contributed by atoms with Crippen molar-refractivity contribution in [3.05, 3.63) is 48.0 Å². The fourth-order valence-corrected chi connectivity index (χ4v) is 3.01. The maximum Gasteiger partial charge on any atom is 0.233 e. The molecule has 2 heterocycles. The third-order valence-electron chi connectivity index (χ3n) is 4.42. The zero-order chi connectivity index (χ0) is 17.5. The first-order valence-electron chi connectivity index (χ1n) is 8.79. The smallest absolute Gasteiger partial charge is 0.233 e. The van der Waals surface area contributed by atoms with E-state index in [2.05, 4.69) is 20.4 Å². The third kappa shape index (κ3) is 4.68. The molecular weight excluding hydrogens is 316 g/mol. The Morgan fingerprint density at radius 2 is 1.92 bits per heavy atom. The van der Waals surface area contributed by atoms with Crippen LogP contribution in [0.1, 0.15) is 25.3 Å². The number of anilines is 1. The number of nitrogens with zero attached hydrogens (tertiary/aromatic N) is 3. The van der Waals surface area contributed by atoms with Crippen molar-refractivity contribution >= 4 is 11.7 Å². The second kappa shape index (κ2) is 8.46. The average molecular weight is 340 g/mol. The molecule has 0 saturated carbocycles. The van der Waals surface area contributed by atoms with Crippen molar-refractivity contribution in [2.75, 3.05) is 24.6 Å². The first-order valence-corrected chi connectivity index (χ1v) is 8.79. The van der Waals surface area contributed by atoms with Crippen molar-refractivity contribution in [3.8, 4) is 5.88 Å². The molecule has 25 heavy (non-hydrogen) atoms. The highest BCUT2D eigenvalue weighted by molar-refractivity contribution is 5.78. The summed E-state index contributed by atoms with van der Waals surface area (Å²) in [4.78, 5) is 14.5. The Morgan fingerprint density at radius 1 is 1.16 bits per heavy atom. The summed E-state index contributed by atoms with van der Waals surface area (Å²) in [5.74, 6) is 1.59. The molecular formula is C19H24N4O2. The van der Waals surface area contributed by atoms with Gasteiger partial charge in [-0.2, -0.15) is 0 Å². The van der Waals surface area contributed by atoms with Gasteiger partial charge in [0.15, 0.2) is 5.82 Å². The highest BCUT2D eigenvalue weighted by Gasteiger charge is 2.25. The van der Waals surface area contributed by atoms with Crippen LogP contribution in [-0.4, -0.2) is 35.8 Å². The van der Waals surface area contributed by atoms with E-state index in [0.29, 0.717) is 19.0 Å². The van der Waals surface area contributed by atoms with E-state index < -0.39 is 0 Å². The Labute approximate surface area is 148 Å². The van der Waals surface area contributed by atoms with E-state index in [9.17, 15) is 4.79 Å². The number of aromatic nitrogens is 2. The van der Waals surface area contributed by atoms with Crippen molar-refractivity contribution in [3.63, 3.8) is 0 Å². The van der Waals surface area contributed by atoms with Crippen LogP contribution >= 0.6 is 0 Å². The molecule has 3 rings (SSSR count). The summed E-state index contributed by atoms with van der Waals surface area (Å²) >= 11 is 0. The average Bonchev–Trinajstić information content (AvgIpc) is 2.68. The minimum atomic E-state index is 0.0654. The van der Waals surface area contributed by atoms with Gasteiger partial charge in [0.25, 0.3) is 0 Å². The standard InChI is InChI=1S/C19H24N4O2/c1-2-25-18-9-8-17(21-22-18)23-12-10-16(11-13-23)19(24)20-14-15-6-4-3-5-7-15/h3-9,16H,2,10-14H2,1H3,(H,20,24). The summed E-state index contributed by atoms with van der Waals surface area (Å²) in [5.41, 5.74) is 1.12. The molecule has 0 atom stereocenters. The van der Waals surface area contributed by atoms with Gasteiger partial charge in [0.2, 0.25) is 11.8 Å². The fourth-order valence-electron chi connectivity index (χ4n) is 3.01. The SMILES string of the molecule is CCOc1ccc(N2CCC(C(=O)NCc3ccccc3)CC2)nn1. The Bertz CT molecular complexity index is 668. The van der Waals surface area contributed by atoms with E-state index in [0.717, 1.165) is 37.3 Å². The monoisotopic (exact) mass is 340 g/mol. The summed E-state index contributed by atoms with van der Waals surface area (Å²) < 4.78 is 5.32. The summed E-state index contributed by atoms with van der Waals surface area (Å²) in [5, 5.41) is 11.3. The van der Waals surface area contributed by atoms with Crippen LogP contribution in [0, 0.1) is 5.92 Å². The number of nitrogens with one attached hydrogen (secondary N) is 1. The predicted octanol–water partition coefficient (Wildman–Crippen LogP) is 2.41. The van der Waals surface area contributed by atoms with E-state index in [1.165, 1.54) is 0 Å². The van der Waals surface area contributed by atoms with Gasteiger partial charge in [0, 0.05) is 31.6 Å². The number of amides is 1. The van der Waals surface area contributed by atoms with Crippen molar-refractivity contribution in [2.24, 2.45) is 5.92 Å². The lowest BCUT2D eigenvalue weighted by Crippen LogP contribution is -2.40. The van der Waals surface area contributed by atoms with Crippen LogP contribution in [0.15, 0.2) is 42.5 Å². The highest BCUT2D eigenvalue weighted by Crippen LogP contribution is 2.22. The lowest BCUT2D eigenvalue weighted by molar-refractivity contribution is -0.125. The zero-order valence-corrected chi connectivity index (χ0v) is 14.5. The maximum absolute atomic E-state index is 12.4. The molecule has 1 aliphatic heterocycles. The van der Waals surface area contributed by atoms with Crippen LogP contribution in [0.5, 0.6) is 5.88 Å². The van der Waals surface area contributed by atoms with Gasteiger partial charge in [0.05, 0.1) is 6.61 Å². The van der Waals surface area contributed by atoms with Gasteiger partial charge in [-0.3, -0.25) is 4.79 Å². The first kappa shape index (κ1) is 17.2. The molecule has 0 radical (unpaired) electrons. The number of carbonyl (C=O) groups excluding carboxylic acids is 1. The number of hydrogen-bond donors (Lipinski definition) is 1. The Hall–Kier alpha value is -2.63. The van der Waals surface area contributed by atoms with Crippen molar-refractivity contribution < 1.29 is 9.53 Å². The highest BCUT2D eigenvalue weighted by atomic mass is 16.5. The van der Waals surface area contributed by atoms with Gasteiger partial charge in [-0.15, -0.1) is 10.2 Å². The molecule has 1 saturated heterocycles. The van der Waals surface area contributed by atoms with Gasteiger partial charge >= 0.3 is 0 Å². The molecule has 1 fully saturated rings. The number of rotatable bonds is 6. The Kier molecular flexibility index (Phi) is 5.82. The van der Waals surface area contributed by atoms with Gasteiger partial charge < -0.3 is 15.0 Å². The lowest BCUT2D eigenvalue weighted by Gasteiger charge is -2.31. The Balaban J connectivity index is 1.47. The molecule has 132 valence electrons. The van der Waals surface area contributed by atoms with E-state index in [-0.39, 0.29) is 11.8 Å². The topological polar surface area (TPSA) is 67.3 Å². The van der Waals surface area contributed by atoms with Crippen LogP contribution in [0.4, 0.5) is 5.82 Å². The molecule has 1 amide bonds. The normalized spacial score (nSPS) is 15.0. The third-order valence-corrected chi connectivity index (χ3v) is 4.42. The molecule has 0 aliphatic carbocycles. The molecule has 0 bridgehead atoms. The van der Waals surface area contributed by atoms with E-state index >= 15 is 0 Å². The number of piperidine rings is 1. The van der Waals surface area contributed by atoms with Crippen molar-refractivity contribution in [2.45, 2.75) is 26.3 Å². The van der Waals surface area contributed by atoms with Crippen LogP contribution in [0.25, 0.3) is 0 Å². The summed E-state index contributed by atoms with van der Waals surface area (Å²) in [6.45, 7) is 4.71. The fraction of sp³-hybridized carbons (Fsp3) is 0.421. The largest absolute Gasteiger partial charge is 0.477 e. The first-order chi connectivity index (χ1) is 12.3. The van der Waals surface area contributed by atoms with E-state index in [1.807, 2.05) is 49.4 Å². The molecule has 0 spiro atoms. The number of benzene rings is 1. The second-order valence-corrected chi connectivity index (χ2v) is 6.13. The van der Waals surface area contributed by atoms with Crippen LogP contribution < -0.4 is 15.0 Å². The molecule has 1 aromatic carbocycles. The molecule has 6 heteroatoms. The molecule has 1 aromatic heterocycles.